The molecule has 0 aliphatic heterocycles. The Morgan fingerprint density at radius 2 is 1.95 bits per heavy atom. The Kier molecular flexibility index (Phi) is 5.22. The van der Waals surface area contributed by atoms with Crippen molar-refractivity contribution in [3.05, 3.63) is 65.5 Å². The van der Waals surface area contributed by atoms with Crippen LogP contribution in [0.4, 0.5) is 4.39 Å². The average Bonchev–Trinajstić information content (AvgIpc) is 2.47. The number of nitrogens with two attached hydrogens (primary N) is 1. The number of nitrogens with zero attached hydrogens (tertiary/aromatic N) is 1. The van der Waals surface area contributed by atoms with Gasteiger partial charge in [0.05, 0.1) is 6.21 Å². The van der Waals surface area contributed by atoms with Crippen LogP contribution < -0.4 is 15.9 Å². The first-order chi connectivity index (χ1) is 10.2. The van der Waals surface area contributed by atoms with Crippen molar-refractivity contribution in [1.29, 1.82) is 0 Å². The Morgan fingerprint density at radius 1 is 1.24 bits per heavy atom. The van der Waals surface area contributed by atoms with Gasteiger partial charge in [0, 0.05) is 11.1 Å². The lowest BCUT2D eigenvalue weighted by molar-refractivity contribution is 0.299. The first kappa shape index (κ1) is 14.9. The topological polar surface area (TPSA) is 59.6 Å². The number of nitrogens with one attached hydrogen (secondary N) is 1. The van der Waals surface area contributed by atoms with Crippen LogP contribution in [0.15, 0.2) is 53.6 Å². The zero-order chi connectivity index (χ0) is 15.1. The highest BCUT2D eigenvalue weighted by atomic mass is 32.1. The van der Waals surface area contributed by atoms with E-state index in [4.69, 9.17) is 10.5 Å². The van der Waals surface area contributed by atoms with Gasteiger partial charge in [-0.2, -0.15) is 5.10 Å². The quantitative estimate of drug-likeness (QED) is 0.506. The summed E-state index contributed by atoms with van der Waals surface area (Å²) in [6, 6.07) is 13.8. The SMILES string of the molecule is NC(=S)N/N=C/c1ccccc1OCc1ccccc1F. The second-order valence-corrected chi connectivity index (χ2v) is 4.59. The van der Waals surface area contributed by atoms with E-state index in [0.717, 1.165) is 5.56 Å². The molecular formula is C15H14FN3OS. The van der Waals surface area contributed by atoms with E-state index >= 15 is 0 Å². The summed E-state index contributed by atoms with van der Waals surface area (Å²) in [5, 5.41) is 3.96. The van der Waals surface area contributed by atoms with Crippen LogP contribution >= 0.6 is 12.2 Å². The molecule has 0 heterocycles. The van der Waals surface area contributed by atoms with Gasteiger partial charge in [0.25, 0.3) is 0 Å². The summed E-state index contributed by atoms with van der Waals surface area (Å²) in [7, 11) is 0. The molecule has 0 bridgehead atoms. The number of thiocarbonyl (C=S) groups is 1. The van der Waals surface area contributed by atoms with Gasteiger partial charge in [0.1, 0.15) is 18.2 Å². The summed E-state index contributed by atoms with van der Waals surface area (Å²) >= 11 is 4.65. The van der Waals surface area contributed by atoms with Gasteiger partial charge in [-0.05, 0) is 30.4 Å². The van der Waals surface area contributed by atoms with Gasteiger partial charge in [-0.1, -0.05) is 30.3 Å². The summed E-state index contributed by atoms with van der Waals surface area (Å²) in [5.74, 6) is 0.299. The number of ether oxygens (including phenoxy) is 1. The van der Waals surface area contributed by atoms with Crippen LogP contribution in [0.25, 0.3) is 0 Å². The maximum atomic E-state index is 13.5. The summed E-state index contributed by atoms with van der Waals surface area (Å²) in [6.07, 6.45) is 1.54. The second kappa shape index (κ2) is 7.35. The highest BCUT2D eigenvalue weighted by molar-refractivity contribution is 7.80. The molecule has 0 aliphatic carbocycles. The van der Waals surface area contributed by atoms with Crippen LogP contribution in [0.3, 0.4) is 0 Å². The molecule has 2 aromatic carbocycles. The van der Waals surface area contributed by atoms with Crippen molar-refractivity contribution in [3.8, 4) is 5.75 Å². The molecule has 0 atom stereocenters. The molecule has 3 N–H and O–H groups in total. The Balaban J connectivity index is 2.08. The third-order valence-electron chi connectivity index (χ3n) is 2.64. The second-order valence-electron chi connectivity index (χ2n) is 4.15. The van der Waals surface area contributed by atoms with Gasteiger partial charge in [-0.3, -0.25) is 5.43 Å². The summed E-state index contributed by atoms with van der Waals surface area (Å²) in [5.41, 5.74) is 8.97. The Hall–Kier alpha value is -2.47. The van der Waals surface area contributed by atoms with E-state index in [9.17, 15) is 4.39 Å². The molecule has 0 aromatic heterocycles. The molecule has 4 nitrogen and oxygen atoms in total. The van der Waals surface area contributed by atoms with Crippen LogP contribution in [0.5, 0.6) is 5.75 Å². The number of hydrazone groups is 1. The maximum Gasteiger partial charge on any atom is 0.184 e. The fraction of sp³-hybridized carbons (Fsp3) is 0.0667. The van der Waals surface area contributed by atoms with Gasteiger partial charge in [-0.25, -0.2) is 4.39 Å². The fourth-order valence-electron chi connectivity index (χ4n) is 1.66. The lowest BCUT2D eigenvalue weighted by Gasteiger charge is -2.09. The van der Waals surface area contributed by atoms with Crippen LogP contribution in [-0.4, -0.2) is 11.3 Å². The average molecular weight is 303 g/mol. The predicted molar refractivity (Wildman–Crippen MR) is 84.7 cm³/mol. The van der Waals surface area contributed by atoms with Gasteiger partial charge >= 0.3 is 0 Å². The first-order valence-corrected chi connectivity index (χ1v) is 6.61. The van der Waals surface area contributed by atoms with Gasteiger partial charge in [-0.15, -0.1) is 0 Å². The standard InChI is InChI=1S/C15H14FN3OS/c16-13-7-3-1-6-12(13)10-20-14-8-4-2-5-11(14)9-18-19-15(17)21/h1-9H,10H2,(H3,17,19,21)/b18-9+. The van der Waals surface area contributed by atoms with Crippen molar-refractivity contribution in [2.45, 2.75) is 6.61 Å². The minimum atomic E-state index is -0.293. The van der Waals surface area contributed by atoms with E-state index in [1.807, 2.05) is 18.2 Å². The summed E-state index contributed by atoms with van der Waals surface area (Å²) in [6.45, 7) is 0.139. The smallest absolute Gasteiger partial charge is 0.184 e. The van der Waals surface area contributed by atoms with Crippen LogP contribution in [0, 0.1) is 5.82 Å². The van der Waals surface area contributed by atoms with Crippen molar-refractivity contribution in [3.63, 3.8) is 0 Å². The molecule has 0 saturated carbocycles. The lowest BCUT2D eigenvalue weighted by Crippen LogP contribution is -2.24. The Morgan fingerprint density at radius 3 is 2.71 bits per heavy atom. The van der Waals surface area contributed by atoms with Crippen LogP contribution in [0.2, 0.25) is 0 Å². The number of benzene rings is 2. The zero-order valence-corrected chi connectivity index (χ0v) is 11.9. The number of hydrogen-bond acceptors (Lipinski definition) is 3. The number of hydrogen-bond donors (Lipinski definition) is 2. The highest BCUT2D eigenvalue weighted by Gasteiger charge is 2.04. The molecule has 0 fully saturated rings. The van der Waals surface area contributed by atoms with Crippen molar-refractivity contribution >= 4 is 23.5 Å². The van der Waals surface area contributed by atoms with Gasteiger partial charge in [0.15, 0.2) is 5.11 Å². The normalized spacial score (nSPS) is 10.5. The van der Waals surface area contributed by atoms with Crippen molar-refractivity contribution in [2.24, 2.45) is 10.8 Å². The van der Waals surface area contributed by atoms with Crippen LogP contribution in [0.1, 0.15) is 11.1 Å². The van der Waals surface area contributed by atoms with E-state index in [2.05, 4.69) is 22.7 Å². The van der Waals surface area contributed by atoms with E-state index in [0.29, 0.717) is 11.3 Å². The molecule has 0 aliphatic rings. The highest BCUT2D eigenvalue weighted by Crippen LogP contribution is 2.18. The molecule has 2 rings (SSSR count). The van der Waals surface area contributed by atoms with Gasteiger partial charge < -0.3 is 10.5 Å². The van der Waals surface area contributed by atoms with Crippen molar-refractivity contribution in [2.75, 3.05) is 0 Å². The molecule has 108 valence electrons. The first-order valence-electron chi connectivity index (χ1n) is 6.20. The summed E-state index contributed by atoms with van der Waals surface area (Å²) < 4.78 is 19.2. The van der Waals surface area contributed by atoms with E-state index in [1.54, 1.807) is 24.3 Å². The van der Waals surface area contributed by atoms with Crippen molar-refractivity contribution in [1.82, 2.24) is 5.43 Å². The molecule has 0 unspecified atom stereocenters. The largest absolute Gasteiger partial charge is 0.488 e. The minimum absolute atomic E-state index is 0.0796. The molecule has 21 heavy (non-hydrogen) atoms. The summed E-state index contributed by atoms with van der Waals surface area (Å²) in [4.78, 5) is 0. The molecule has 2 aromatic rings. The number of para-hydroxylation sites is 1. The molecule has 0 amide bonds. The third-order valence-corrected chi connectivity index (χ3v) is 2.73. The fourth-order valence-corrected chi connectivity index (χ4v) is 1.71. The van der Waals surface area contributed by atoms with Crippen molar-refractivity contribution < 1.29 is 9.13 Å². The van der Waals surface area contributed by atoms with E-state index in [-0.39, 0.29) is 17.5 Å². The Labute approximate surface area is 127 Å². The lowest BCUT2D eigenvalue weighted by atomic mass is 10.2. The van der Waals surface area contributed by atoms with E-state index in [1.165, 1.54) is 12.3 Å². The zero-order valence-electron chi connectivity index (χ0n) is 11.1. The Bertz CT molecular complexity index is 661. The van der Waals surface area contributed by atoms with Crippen LogP contribution in [-0.2, 0) is 6.61 Å². The molecule has 6 heteroatoms. The number of rotatable bonds is 5. The number of halogens is 1. The third kappa shape index (κ3) is 4.54. The maximum absolute atomic E-state index is 13.5. The van der Waals surface area contributed by atoms with E-state index < -0.39 is 0 Å². The minimum Gasteiger partial charge on any atom is -0.488 e. The predicted octanol–water partition coefficient (Wildman–Crippen LogP) is 2.57. The van der Waals surface area contributed by atoms with Gasteiger partial charge in [0.2, 0.25) is 0 Å². The molecule has 0 spiro atoms. The molecule has 0 radical (unpaired) electrons. The molecule has 0 saturated heterocycles. The monoisotopic (exact) mass is 303 g/mol. The molecular weight excluding hydrogens is 289 g/mol.